The minimum Gasteiger partial charge on any atom is -0.352 e. The molecule has 0 radical (unpaired) electrons. The van der Waals surface area contributed by atoms with Crippen LogP contribution in [0.3, 0.4) is 0 Å². The Balaban J connectivity index is 1.76. The quantitative estimate of drug-likeness (QED) is 0.830. The first kappa shape index (κ1) is 14.5. The Kier molecular flexibility index (Phi) is 5.56. The SMILES string of the molecule is O=C(/C=C/c1ccc(Br)cc1)NCCc1ccccc1. The molecule has 3 heteroatoms. The van der Waals surface area contributed by atoms with Crippen LogP contribution in [0.2, 0.25) is 0 Å². The minimum absolute atomic E-state index is 0.0659. The van der Waals surface area contributed by atoms with Gasteiger partial charge in [0.2, 0.25) is 5.91 Å². The fraction of sp³-hybridized carbons (Fsp3) is 0.118. The van der Waals surface area contributed by atoms with Crippen LogP contribution in [0.1, 0.15) is 11.1 Å². The molecule has 1 N–H and O–H groups in total. The number of hydrogen-bond acceptors (Lipinski definition) is 1. The molecule has 0 aliphatic heterocycles. The van der Waals surface area contributed by atoms with Crippen LogP contribution in [0, 0.1) is 0 Å². The van der Waals surface area contributed by atoms with Crippen molar-refractivity contribution in [3.63, 3.8) is 0 Å². The summed E-state index contributed by atoms with van der Waals surface area (Å²) < 4.78 is 1.03. The summed E-state index contributed by atoms with van der Waals surface area (Å²) in [6.45, 7) is 0.646. The van der Waals surface area contributed by atoms with Gasteiger partial charge < -0.3 is 5.32 Å². The second kappa shape index (κ2) is 7.65. The summed E-state index contributed by atoms with van der Waals surface area (Å²) in [5, 5.41) is 2.88. The van der Waals surface area contributed by atoms with E-state index in [9.17, 15) is 4.79 Å². The zero-order valence-electron chi connectivity index (χ0n) is 11.1. The van der Waals surface area contributed by atoms with E-state index in [0.29, 0.717) is 6.54 Å². The van der Waals surface area contributed by atoms with Crippen molar-refractivity contribution in [2.24, 2.45) is 0 Å². The van der Waals surface area contributed by atoms with E-state index >= 15 is 0 Å². The Morgan fingerprint density at radius 2 is 1.75 bits per heavy atom. The molecule has 0 saturated heterocycles. The molecule has 0 bridgehead atoms. The molecule has 0 spiro atoms. The van der Waals surface area contributed by atoms with Crippen LogP contribution in [0.25, 0.3) is 6.08 Å². The maximum Gasteiger partial charge on any atom is 0.244 e. The number of carbonyl (C=O) groups is 1. The van der Waals surface area contributed by atoms with Gasteiger partial charge in [0.15, 0.2) is 0 Å². The van der Waals surface area contributed by atoms with Gasteiger partial charge in [0, 0.05) is 17.1 Å². The van der Waals surface area contributed by atoms with Gasteiger partial charge in [-0.2, -0.15) is 0 Å². The Hall–Kier alpha value is -1.87. The summed E-state index contributed by atoms with van der Waals surface area (Å²) in [4.78, 5) is 11.7. The van der Waals surface area contributed by atoms with Crippen molar-refractivity contribution in [1.82, 2.24) is 5.32 Å². The number of amides is 1. The van der Waals surface area contributed by atoms with E-state index in [2.05, 4.69) is 33.4 Å². The van der Waals surface area contributed by atoms with Crippen LogP contribution in [0.15, 0.2) is 65.1 Å². The van der Waals surface area contributed by atoms with Gasteiger partial charge >= 0.3 is 0 Å². The van der Waals surface area contributed by atoms with Crippen molar-refractivity contribution >= 4 is 27.9 Å². The molecule has 0 fully saturated rings. The van der Waals surface area contributed by atoms with E-state index in [1.54, 1.807) is 6.08 Å². The van der Waals surface area contributed by atoms with Crippen LogP contribution >= 0.6 is 15.9 Å². The van der Waals surface area contributed by atoms with Crippen molar-refractivity contribution in [1.29, 1.82) is 0 Å². The maximum absolute atomic E-state index is 11.7. The molecular formula is C17H16BrNO. The number of hydrogen-bond donors (Lipinski definition) is 1. The molecule has 20 heavy (non-hydrogen) atoms. The number of nitrogens with one attached hydrogen (secondary N) is 1. The van der Waals surface area contributed by atoms with Crippen LogP contribution in [0.4, 0.5) is 0 Å². The van der Waals surface area contributed by atoms with Crippen LogP contribution in [-0.4, -0.2) is 12.5 Å². The van der Waals surface area contributed by atoms with Gasteiger partial charge in [0.1, 0.15) is 0 Å². The molecule has 2 aromatic rings. The first-order valence-corrected chi connectivity index (χ1v) is 7.29. The summed E-state index contributed by atoms with van der Waals surface area (Å²) >= 11 is 3.38. The van der Waals surface area contributed by atoms with E-state index in [-0.39, 0.29) is 5.91 Å². The predicted octanol–water partition coefficient (Wildman–Crippen LogP) is 3.82. The van der Waals surface area contributed by atoms with Gasteiger partial charge in [-0.05, 0) is 35.8 Å². The third-order valence-electron chi connectivity index (χ3n) is 2.85. The topological polar surface area (TPSA) is 29.1 Å². The summed E-state index contributed by atoms with van der Waals surface area (Å²) in [6, 6.07) is 17.9. The monoisotopic (exact) mass is 329 g/mol. The summed E-state index contributed by atoms with van der Waals surface area (Å²) in [5.41, 5.74) is 2.23. The van der Waals surface area contributed by atoms with Crippen molar-refractivity contribution < 1.29 is 4.79 Å². The molecular weight excluding hydrogens is 314 g/mol. The average Bonchev–Trinajstić information content (AvgIpc) is 2.48. The van der Waals surface area contributed by atoms with Crippen molar-refractivity contribution in [3.8, 4) is 0 Å². The first-order valence-electron chi connectivity index (χ1n) is 6.49. The van der Waals surface area contributed by atoms with Gasteiger partial charge in [-0.15, -0.1) is 0 Å². The molecule has 2 aromatic carbocycles. The van der Waals surface area contributed by atoms with Crippen LogP contribution in [-0.2, 0) is 11.2 Å². The highest BCUT2D eigenvalue weighted by Crippen LogP contribution is 2.11. The molecule has 0 aromatic heterocycles. The lowest BCUT2D eigenvalue weighted by atomic mass is 10.1. The predicted molar refractivity (Wildman–Crippen MR) is 86.3 cm³/mol. The van der Waals surface area contributed by atoms with Gasteiger partial charge in [0.05, 0.1) is 0 Å². The van der Waals surface area contributed by atoms with E-state index in [0.717, 1.165) is 16.5 Å². The summed E-state index contributed by atoms with van der Waals surface area (Å²) in [6.07, 6.45) is 4.22. The Morgan fingerprint density at radius 3 is 2.45 bits per heavy atom. The second-order valence-corrected chi connectivity index (χ2v) is 5.33. The zero-order valence-corrected chi connectivity index (χ0v) is 12.6. The van der Waals surface area contributed by atoms with Gasteiger partial charge in [-0.1, -0.05) is 58.4 Å². The highest BCUT2D eigenvalue weighted by molar-refractivity contribution is 9.10. The van der Waals surface area contributed by atoms with E-state index < -0.39 is 0 Å². The lowest BCUT2D eigenvalue weighted by molar-refractivity contribution is -0.116. The van der Waals surface area contributed by atoms with E-state index in [1.165, 1.54) is 5.56 Å². The molecule has 102 valence electrons. The van der Waals surface area contributed by atoms with Gasteiger partial charge in [0.25, 0.3) is 0 Å². The molecule has 0 aliphatic rings. The van der Waals surface area contributed by atoms with Crippen molar-refractivity contribution in [3.05, 3.63) is 76.3 Å². The number of carbonyl (C=O) groups excluding carboxylic acids is 1. The average molecular weight is 330 g/mol. The van der Waals surface area contributed by atoms with Gasteiger partial charge in [-0.3, -0.25) is 4.79 Å². The minimum atomic E-state index is -0.0659. The highest BCUT2D eigenvalue weighted by atomic mass is 79.9. The standard InChI is InChI=1S/C17H16BrNO/c18-16-9-6-15(7-10-16)8-11-17(20)19-13-12-14-4-2-1-3-5-14/h1-11H,12-13H2,(H,19,20)/b11-8+. The maximum atomic E-state index is 11.7. The molecule has 0 unspecified atom stereocenters. The van der Waals surface area contributed by atoms with Crippen LogP contribution in [0.5, 0.6) is 0 Å². The molecule has 0 saturated carbocycles. The second-order valence-electron chi connectivity index (χ2n) is 4.41. The molecule has 1 amide bonds. The largest absolute Gasteiger partial charge is 0.352 e. The fourth-order valence-electron chi connectivity index (χ4n) is 1.78. The lowest BCUT2D eigenvalue weighted by Crippen LogP contribution is -2.23. The molecule has 0 atom stereocenters. The zero-order chi connectivity index (χ0) is 14.2. The third kappa shape index (κ3) is 5.02. The van der Waals surface area contributed by atoms with Crippen molar-refractivity contribution in [2.75, 3.05) is 6.54 Å². The van der Waals surface area contributed by atoms with Gasteiger partial charge in [-0.25, -0.2) is 0 Å². The summed E-state index contributed by atoms with van der Waals surface area (Å²) in [5.74, 6) is -0.0659. The Labute approximate surface area is 127 Å². The van der Waals surface area contributed by atoms with Crippen molar-refractivity contribution in [2.45, 2.75) is 6.42 Å². The van der Waals surface area contributed by atoms with E-state index in [1.807, 2.05) is 48.5 Å². The molecule has 2 nitrogen and oxygen atoms in total. The number of benzene rings is 2. The Morgan fingerprint density at radius 1 is 1.05 bits per heavy atom. The van der Waals surface area contributed by atoms with E-state index in [4.69, 9.17) is 0 Å². The molecule has 0 heterocycles. The molecule has 2 rings (SSSR count). The fourth-order valence-corrected chi connectivity index (χ4v) is 2.04. The summed E-state index contributed by atoms with van der Waals surface area (Å²) in [7, 11) is 0. The van der Waals surface area contributed by atoms with Crippen LogP contribution < -0.4 is 5.32 Å². The Bertz CT molecular complexity index is 576. The number of halogens is 1. The third-order valence-corrected chi connectivity index (χ3v) is 3.38. The number of rotatable bonds is 5. The molecule has 0 aliphatic carbocycles. The highest BCUT2D eigenvalue weighted by Gasteiger charge is 1.96. The first-order chi connectivity index (χ1) is 9.74. The lowest BCUT2D eigenvalue weighted by Gasteiger charge is -2.02. The smallest absolute Gasteiger partial charge is 0.244 e. The normalized spacial score (nSPS) is 10.7.